The first-order valence-electron chi connectivity index (χ1n) is 20.4. The van der Waals surface area contributed by atoms with E-state index >= 15 is 0 Å². The third-order valence-electron chi connectivity index (χ3n) is 16.4. The van der Waals surface area contributed by atoms with Gasteiger partial charge in [0.15, 0.2) is 5.78 Å². The molecule has 0 aromatic carbocycles. The lowest BCUT2D eigenvalue weighted by molar-refractivity contribution is -0.248. The van der Waals surface area contributed by atoms with Crippen LogP contribution in [0, 0.1) is 56.7 Å². The summed E-state index contributed by atoms with van der Waals surface area (Å²) in [7, 11) is 0. The van der Waals surface area contributed by atoms with Crippen LogP contribution in [0.3, 0.4) is 0 Å². The minimum Gasteiger partial charge on any atom is -0.459 e. The van der Waals surface area contributed by atoms with Gasteiger partial charge in [-0.15, -0.1) is 0 Å². The van der Waals surface area contributed by atoms with E-state index in [0.29, 0.717) is 49.9 Å². The fourth-order valence-electron chi connectivity index (χ4n) is 13.8. The van der Waals surface area contributed by atoms with Gasteiger partial charge in [-0.05, 0) is 138 Å². The molecule has 0 unspecified atom stereocenters. The number of allylic oxidation sites excluding steroid dienone is 1. The van der Waals surface area contributed by atoms with Crippen molar-refractivity contribution in [3.05, 3.63) is 24.4 Å². The number of hydrogen-bond acceptors (Lipinski definition) is 7. The topological polar surface area (TPSA) is 93.2 Å². The molecule has 0 bridgehead atoms. The molecule has 6 aliphatic rings. The normalized spacial score (nSPS) is 41.3. The van der Waals surface area contributed by atoms with Gasteiger partial charge in [-0.2, -0.15) is 0 Å². The molecule has 0 aromatic heterocycles. The van der Waals surface area contributed by atoms with Crippen molar-refractivity contribution in [1.82, 2.24) is 9.80 Å². The first-order valence-corrected chi connectivity index (χ1v) is 20.4. The molecule has 0 spiro atoms. The molecular weight excluding hydrogens is 652 g/mol. The Kier molecular flexibility index (Phi) is 9.98. The summed E-state index contributed by atoms with van der Waals surface area (Å²) in [5.74, 6) is 1.24. The zero-order valence-electron chi connectivity index (χ0n) is 34.1. The number of esters is 1. The molecule has 1 aliphatic heterocycles. The molecule has 8 nitrogen and oxygen atoms in total. The Morgan fingerprint density at radius 2 is 1.44 bits per heavy atom. The van der Waals surface area contributed by atoms with Crippen molar-refractivity contribution in [2.75, 3.05) is 26.2 Å². The maximum atomic E-state index is 13.8. The predicted octanol–water partition coefficient (Wildman–Crippen LogP) is 8.78. The Bertz CT molecular complexity index is 1500. The van der Waals surface area contributed by atoms with Crippen LogP contribution in [0.15, 0.2) is 24.4 Å². The van der Waals surface area contributed by atoms with Gasteiger partial charge in [0.25, 0.3) is 0 Å². The average Bonchev–Trinajstić information content (AvgIpc) is 3.45. The molecule has 1 amide bonds. The fraction of sp³-hybridized carbons (Fsp3) is 0.818. The lowest BCUT2D eigenvalue weighted by Crippen LogP contribution is -2.67. The summed E-state index contributed by atoms with van der Waals surface area (Å²) in [5.41, 5.74) is 0.321. The highest BCUT2D eigenvalue weighted by Crippen LogP contribution is 2.77. The third-order valence-corrected chi connectivity index (χ3v) is 16.4. The Balaban J connectivity index is 1.14. The summed E-state index contributed by atoms with van der Waals surface area (Å²) in [6.07, 6.45) is 13.0. The van der Waals surface area contributed by atoms with E-state index in [1.165, 1.54) is 12.5 Å². The molecule has 6 rings (SSSR count). The highest BCUT2D eigenvalue weighted by molar-refractivity contribution is 6.38. The van der Waals surface area contributed by atoms with Crippen molar-refractivity contribution in [2.45, 2.75) is 145 Å². The standard InChI is InChI=1S/C44H68N2O6/c1-28(2)30-14-20-44(37(49)29(3)47)22-21-42(10)31(36(30)44)12-13-33-41(9)18-16-34(40(7,8)32(41)15-19-43(33,42)11)51-35(48)17-23-45-24-26-46(27-25-45)38(50)52-39(4,5)6/h17,23,30-34,36H,1,12-16,18-22,24-27H2,2-11H3/b23-17+/t30-,31+,32-,33+,34-,36+,41-,42+,43+,44-/m0/s1. The molecule has 10 atom stereocenters. The molecule has 5 aliphatic carbocycles. The largest absolute Gasteiger partial charge is 0.459 e. The average molecular weight is 721 g/mol. The number of rotatable bonds is 6. The van der Waals surface area contributed by atoms with E-state index in [4.69, 9.17) is 9.47 Å². The van der Waals surface area contributed by atoms with Gasteiger partial charge in [-0.25, -0.2) is 9.59 Å². The number of hydrogen-bond donors (Lipinski definition) is 0. The van der Waals surface area contributed by atoms with E-state index in [1.807, 2.05) is 27.0 Å². The lowest BCUT2D eigenvalue weighted by Gasteiger charge is -2.72. The number of nitrogens with zero attached hydrogens (tertiary/aromatic N) is 2. The molecule has 8 heteroatoms. The van der Waals surface area contributed by atoms with Crippen molar-refractivity contribution in [3.63, 3.8) is 0 Å². The van der Waals surface area contributed by atoms with E-state index in [-0.39, 0.29) is 57.3 Å². The van der Waals surface area contributed by atoms with Gasteiger partial charge in [0.1, 0.15) is 11.7 Å². The number of amides is 1. The van der Waals surface area contributed by atoms with Crippen LogP contribution in [0.2, 0.25) is 0 Å². The number of Topliss-reactive ketones (excluding diaryl/α,β-unsaturated/α-hetero) is 2. The quantitative estimate of drug-likeness (QED) is 0.117. The number of fused-ring (bicyclic) bond motifs is 7. The minimum atomic E-state index is -0.523. The first kappa shape index (κ1) is 39.1. The van der Waals surface area contributed by atoms with Crippen LogP contribution in [0.25, 0.3) is 0 Å². The van der Waals surface area contributed by atoms with Gasteiger partial charge in [0, 0.05) is 56.2 Å². The van der Waals surface area contributed by atoms with E-state index in [2.05, 4.69) is 53.0 Å². The molecule has 290 valence electrons. The van der Waals surface area contributed by atoms with Crippen molar-refractivity contribution < 1.29 is 28.7 Å². The van der Waals surface area contributed by atoms with Crippen LogP contribution in [-0.2, 0) is 23.9 Å². The van der Waals surface area contributed by atoms with E-state index < -0.39 is 11.0 Å². The number of piperazine rings is 1. The summed E-state index contributed by atoms with van der Waals surface area (Å²) >= 11 is 0. The number of carbonyl (C=O) groups excluding carboxylic acids is 4. The van der Waals surface area contributed by atoms with Crippen molar-refractivity contribution >= 4 is 23.6 Å². The van der Waals surface area contributed by atoms with Crippen molar-refractivity contribution in [2.24, 2.45) is 56.7 Å². The second kappa shape index (κ2) is 13.3. The van der Waals surface area contributed by atoms with Gasteiger partial charge >= 0.3 is 12.1 Å². The minimum absolute atomic E-state index is 0.0871. The second-order valence-electron chi connectivity index (χ2n) is 20.3. The molecule has 0 aromatic rings. The van der Waals surface area contributed by atoms with E-state index in [0.717, 1.165) is 64.2 Å². The van der Waals surface area contributed by atoms with Gasteiger partial charge < -0.3 is 19.3 Å². The molecule has 5 saturated carbocycles. The number of ether oxygens (including phenoxy) is 2. The lowest BCUT2D eigenvalue weighted by atomic mass is 9.32. The molecule has 52 heavy (non-hydrogen) atoms. The van der Waals surface area contributed by atoms with Gasteiger partial charge in [-0.3, -0.25) is 9.59 Å². The van der Waals surface area contributed by atoms with Crippen LogP contribution in [0.5, 0.6) is 0 Å². The van der Waals surface area contributed by atoms with Crippen LogP contribution in [0.1, 0.15) is 133 Å². The van der Waals surface area contributed by atoms with Gasteiger partial charge in [0.2, 0.25) is 5.78 Å². The summed E-state index contributed by atoms with van der Waals surface area (Å²) < 4.78 is 11.8. The fourth-order valence-corrected chi connectivity index (χ4v) is 13.8. The molecule has 1 saturated heterocycles. The summed E-state index contributed by atoms with van der Waals surface area (Å²) in [6, 6.07) is 0. The Labute approximate surface area is 313 Å². The highest BCUT2D eigenvalue weighted by Gasteiger charge is 2.72. The summed E-state index contributed by atoms with van der Waals surface area (Å²) in [6.45, 7) is 28.4. The SMILES string of the molecule is C=C(C)[C@@H]1CC[C@]2(C(=O)C(C)=O)CC[C@]3(C)[C@H](CC[C@@H]4[C@@]5(C)CC[C@H](OC(=O)/C=C/N6CCN(C(=O)OC(C)(C)C)CC6)C(C)(C)[C@@H]5CC[C@]43C)[C@@H]12. The van der Waals surface area contributed by atoms with E-state index in [1.54, 1.807) is 11.0 Å². The van der Waals surface area contributed by atoms with Crippen molar-refractivity contribution in [3.8, 4) is 0 Å². The van der Waals surface area contributed by atoms with Crippen LogP contribution in [-0.4, -0.2) is 71.3 Å². The first-order chi connectivity index (χ1) is 24.1. The van der Waals surface area contributed by atoms with Gasteiger partial charge in [0.05, 0.1) is 0 Å². The zero-order chi connectivity index (χ0) is 38.2. The smallest absolute Gasteiger partial charge is 0.410 e. The van der Waals surface area contributed by atoms with Crippen LogP contribution < -0.4 is 0 Å². The third kappa shape index (κ3) is 6.18. The zero-order valence-corrected chi connectivity index (χ0v) is 34.1. The van der Waals surface area contributed by atoms with Crippen LogP contribution >= 0.6 is 0 Å². The van der Waals surface area contributed by atoms with Gasteiger partial charge in [-0.1, -0.05) is 46.8 Å². The number of ketones is 2. The monoisotopic (exact) mass is 721 g/mol. The maximum absolute atomic E-state index is 13.8. The predicted molar refractivity (Wildman–Crippen MR) is 203 cm³/mol. The molecule has 1 heterocycles. The molecule has 6 fully saturated rings. The Morgan fingerprint density at radius 3 is 2.06 bits per heavy atom. The maximum Gasteiger partial charge on any atom is 0.410 e. The molecule has 0 N–H and O–H groups in total. The second-order valence-corrected chi connectivity index (χ2v) is 20.3. The van der Waals surface area contributed by atoms with E-state index in [9.17, 15) is 19.2 Å². The highest BCUT2D eigenvalue weighted by atomic mass is 16.6. The molecular formula is C44H68N2O6. The van der Waals surface area contributed by atoms with Crippen molar-refractivity contribution in [1.29, 1.82) is 0 Å². The molecule has 0 radical (unpaired) electrons. The Hall–Kier alpha value is -2.64. The number of carbonyl (C=O) groups is 4. The van der Waals surface area contributed by atoms with Crippen LogP contribution in [0.4, 0.5) is 4.79 Å². The summed E-state index contributed by atoms with van der Waals surface area (Å²) in [5, 5.41) is 0. The Morgan fingerprint density at radius 1 is 0.769 bits per heavy atom. The summed E-state index contributed by atoms with van der Waals surface area (Å²) in [4.78, 5) is 56.0.